The molecule has 0 radical (unpaired) electrons. The molecule has 0 aliphatic rings. The highest BCUT2D eigenvalue weighted by Gasteiger charge is 2.12. The second-order valence-corrected chi connectivity index (χ2v) is 3.36. The van der Waals surface area contributed by atoms with E-state index >= 15 is 0 Å². The van der Waals surface area contributed by atoms with E-state index in [9.17, 15) is 0 Å². The van der Waals surface area contributed by atoms with Gasteiger partial charge in [0.05, 0.1) is 0 Å². The van der Waals surface area contributed by atoms with Crippen LogP contribution in [0.2, 0.25) is 0 Å². The maximum absolute atomic E-state index is 5.47. The summed E-state index contributed by atoms with van der Waals surface area (Å²) in [5.41, 5.74) is 8.85. The fourth-order valence-corrected chi connectivity index (χ4v) is 1.57. The highest BCUT2D eigenvalue weighted by molar-refractivity contribution is 4.65. The van der Waals surface area contributed by atoms with Gasteiger partial charge in [0.2, 0.25) is 0 Å². The Morgan fingerprint density at radius 2 is 1.85 bits per heavy atom. The van der Waals surface area contributed by atoms with Crippen LogP contribution in [0, 0.1) is 0 Å². The van der Waals surface area contributed by atoms with Gasteiger partial charge >= 0.3 is 0 Å². The van der Waals surface area contributed by atoms with Gasteiger partial charge in [0.1, 0.15) is 0 Å². The first-order chi connectivity index (χ1) is 6.29. The van der Waals surface area contributed by atoms with Crippen molar-refractivity contribution in [2.45, 2.75) is 46.1 Å². The Hall–Kier alpha value is -0.120. The molecule has 0 spiro atoms. The molecule has 0 aromatic carbocycles. The maximum atomic E-state index is 5.47. The SMILES string of the molecule is CCCN(NCCN)C(CC)CC. The van der Waals surface area contributed by atoms with Gasteiger partial charge in [-0.2, -0.15) is 0 Å². The largest absolute Gasteiger partial charge is 0.329 e. The van der Waals surface area contributed by atoms with Gasteiger partial charge in [0.15, 0.2) is 0 Å². The molecule has 0 atom stereocenters. The zero-order valence-electron chi connectivity index (χ0n) is 9.34. The van der Waals surface area contributed by atoms with Crippen molar-refractivity contribution >= 4 is 0 Å². The van der Waals surface area contributed by atoms with Crippen molar-refractivity contribution in [3.8, 4) is 0 Å². The Bertz CT molecular complexity index is 102. The molecule has 0 heterocycles. The van der Waals surface area contributed by atoms with Crippen LogP contribution in [0.1, 0.15) is 40.0 Å². The fraction of sp³-hybridized carbons (Fsp3) is 1.00. The third-order valence-electron chi connectivity index (χ3n) is 2.31. The first-order valence-corrected chi connectivity index (χ1v) is 5.50. The number of hydrogen-bond donors (Lipinski definition) is 2. The van der Waals surface area contributed by atoms with Crippen LogP contribution in [0.15, 0.2) is 0 Å². The van der Waals surface area contributed by atoms with Gasteiger partial charge in [-0.1, -0.05) is 20.8 Å². The maximum Gasteiger partial charge on any atom is 0.0238 e. The summed E-state index contributed by atoms with van der Waals surface area (Å²) in [5, 5.41) is 2.34. The minimum absolute atomic E-state index is 0.659. The molecule has 0 saturated carbocycles. The van der Waals surface area contributed by atoms with Crippen LogP contribution < -0.4 is 11.2 Å². The molecule has 3 N–H and O–H groups in total. The molecule has 0 aliphatic heterocycles. The van der Waals surface area contributed by atoms with Crippen LogP contribution in [-0.4, -0.2) is 30.7 Å². The zero-order valence-corrected chi connectivity index (χ0v) is 9.34. The van der Waals surface area contributed by atoms with Crippen molar-refractivity contribution in [2.75, 3.05) is 19.6 Å². The minimum Gasteiger partial charge on any atom is -0.329 e. The molecule has 0 saturated heterocycles. The second kappa shape index (κ2) is 8.48. The summed E-state index contributed by atoms with van der Waals surface area (Å²) in [6, 6.07) is 0.659. The van der Waals surface area contributed by atoms with Crippen molar-refractivity contribution in [1.29, 1.82) is 0 Å². The Labute approximate surface area is 82.6 Å². The molecule has 0 aliphatic carbocycles. The van der Waals surface area contributed by atoms with Crippen LogP contribution in [0.4, 0.5) is 0 Å². The predicted molar refractivity (Wildman–Crippen MR) is 58.4 cm³/mol. The first kappa shape index (κ1) is 12.9. The highest BCUT2D eigenvalue weighted by Crippen LogP contribution is 2.05. The lowest BCUT2D eigenvalue weighted by atomic mass is 10.1. The topological polar surface area (TPSA) is 41.3 Å². The molecule has 0 aromatic heterocycles. The van der Waals surface area contributed by atoms with Crippen molar-refractivity contribution in [3.05, 3.63) is 0 Å². The molecule has 3 heteroatoms. The monoisotopic (exact) mass is 187 g/mol. The average molecular weight is 187 g/mol. The molecule has 0 rings (SSSR count). The van der Waals surface area contributed by atoms with Gasteiger partial charge in [-0.15, -0.1) is 0 Å². The van der Waals surface area contributed by atoms with Crippen LogP contribution in [0.5, 0.6) is 0 Å². The summed E-state index contributed by atoms with van der Waals surface area (Å²) in [4.78, 5) is 0. The van der Waals surface area contributed by atoms with Gasteiger partial charge in [-0.3, -0.25) is 5.43 Å². The van der Waals surface area contributed by atoms with Crippen LogP contribution >= 0.6 is 0 Å². The molecule has 0 bridgehead atoms. The van der Waals surface area contributed by atoms with E-state index in [1.54, 1.807) is 0 Å². The van der Waals surface area contributed by atoms with E-state index in [0.29, 0.717) is 12.6 Å². The lowest BCUT2D eigenvalue weighted by Gasteiger charge is -2.30. The molecule has 3 nitrogen and oxygen atoms in total. The average Bonchev–Trinajstić information content (AvgIpc) is 2.16. The zero-order chi connectivity index (χ0) is 10.1. The van der Waals surface area contributed by atoms with Crippen LogP contribution in [0.25, 0.3) is 0 Å². The summed E-state index contributed by atoms with van der Waals surface area (Å²) in [5.74, 6) is 0. The van der Waals surface area contributed by atoms with Gasteiger partial charge in [0.25, 0.3) is 0 Å². The van der Waals surface area contributed by atoms with E-state index in [1.165, 1.54) is 19.3 Å². The molecule has 0 fully saturated rings. The number of nitrogens with zero attached hydrogens (tertiary/aromatic N) is 1. The molecule has 13 heavy (non-hydrogen) atoms. The summed E-state index contributed by atoms with van der Waals surface area (Å²) in [6.45, 7) is 9.39. The van der Waals surface area contributed by atoms with E-state index in [-0.39, 0.29) is 0 Å². The Morgan fingerprint density at radius 3 is 2.23 bits per heavy atom. The number of nitrogens with one attached hydrogen (secondary N) is 1. The third kappa shape index (κ3) is 5.24. The van der Waals surface area contributed by atoms with E-state index in [0.717, 1.165) is 13.1 Å². The fourth-order valence-electron chi connectivity index (χ4n) is 1.57. The molecule has 0 unspecified atom stereocenters. The lowest BCUT2D eigenvalue weighted by Crippen LogP contribution is -2.47. The summed E-state index contributed by atoms with van der Waals surface area (Å²) in [7, 11) is 0. The Morgan fingerprint density at radius 1 is 1.23 bits per heavy atom. The molecule has 80 valence electrons. The smallest absolute Gasteiger partial charge is 0.0238 e. The van der Waals surface area contributed by atoms with Crippen molar-refractivity contribution in [2.24, 2.45) is 5.73 Å². The van der Waals surface area contributed by atoms with E-state index in [1.807, 2.05) is 0 Å². The van der Waals surface area contributed by atoms with Gasteiger partial charge in [0, 0.05) is 25.7 Å². The van der Waals surface area contributed by atoms with Gasteiger partial charge in [-0.05, 0) is 19.3 Å². The lowest BCUT2D eigenvalue weighted by molar-refractivity contribution is 0.118. The van der Waals surface area contributed by atoms with E-state index < -0.39 is 0 Å². The highest BCUT2D eigenvalue weighted by atomic mass is 15.5. The van der Waals surface area contributed by atoms with Crippen molar-refractivity contribution < 1.29 is 0 Å². The Balaban J connectivity index is 3.88. The van der Waals surface area contributed by atoms with Crippen LogP contribution in [0.3, 0.4) is 0 Å². The van der Waals surface area contributed by atoms with Crippen molar-refractivity contribution in [3.63, 3.8) is 0 Å². The summed E-state index contributed by atoms with van der Waals surface area (Å²) < 4.78 is 0. The summed E-state index contributed by atoms with van der Waals surface area (Å²) in [6.07, 6.45) is 3.59. The molecule has 0 aromatic rings. The standard InChI is InChI=1S/C10H25N3/c1-4-9-13(12-8-7-11)10(5-2)6-3/h10,12H,4-9,11H2,1-3H3. The van der Waals surface area contributed by atoms with E-state index in [4.69, 9.17) is 5.73 Å². The number of hydrogen-bond acceptors (Lipinski definition) is 3. The normalized spacial score (nSPS) is 11.5. The second-order valence-electron chi connectivity index (χ2n) is 3.36. The Kier molecular flexibility index (Phi) is 8.40. The summed E-state index contributed by atoms with van der Waals surface area (Å²) >= 11 is 0. The first-order valence-electron chi connectivity index (χ1n) is 5.50. The third-order valence-corrected chi connectivity index (χ3v) is 2.31. The van der Waals surface area contributed by atoms with E-state index in [2.05, 4.69) is 31.2 Å². The van der Waals surface area contributed by atoms with Gasteiger partial charge < -0.3 is 5.73 Å². The van der Waals surface area contributed by atoms with Crippen molar-refractivity contribution in [1.82, 2.24) is 10.4 Å². The predicted octanol–water partition coefficient (Wildman–Crippen LogP) is 1.35. The molecular weight excluding hydrogens is 162 g/mol. The number of rotatable bonds is 8. The molecular formula is C10H25N3. The number of hydrazine groups is 1. The van der Waals surface area contributed by atoms with Gasteiger partial charge in [-0.25, -0.2) is 5.01 Å². The minimum atomic E-state index is 0.659. The number of nitrogens with two attached hydrogens (primary N) is 1. The molecule has 0 amide bonds. The van der Waals surface area contributed by atoms with Crippen LogP contribution in [-0.2, 0) is 0 Å². The quantitative estimate of drug-likeness (QED) is 0.564.